The van der Waals surface area contributed by atoms with E-state index in [0.29, 0.717) is 28.6 Å². The zero-order chi connectivity index (χ0) is 19.8. The van der Waals surface area contributed by atoms with Gasteiger partial charge in [0.2, 0.25) is 12.7 Å². The average molecular weight is 403 g/mol. The molecule has 0 bridgehead atoms. The van der Waals surface area contributed by atoms with Gasteiger partial charge in [0.05, 0.1) is 17.0 Å². The Balaban J connectivity index is 1.31. The Kier molecular flexibility index (Phi) is 4.22. The predicted octanol–water partition coefficient (Wildman–Crippen LogP) is 4.00. The first-order chi connectivity index (χ1) is 14.2. The summed E-state index contributed by atoms with van der Waals surface area (Å²) in [5.74, 6) is 1.36. The Morgan fingerprint density at radius 3 is 2.86 bits per heavy atom. The van der Waals surface area contributed by atoms with Crippen molar-refractivity contribution in [2.75, 3.05) is 12.1 Å². The van der Waals surface area contributed by atoms with Crippen molar-refractivity contribution in [2.24, 2.45) is 0 Å². The first kappa shape index (κ1) is 17.7. The molecule has 144 valence electrons. The summed E-state index contributed by atoms with van der Waals surface area (Å²) in [5.41, 5.74) is 2.03. The van der Waals surface area contributed by atoms with E-state index < -0.39 is 5.41 Å². The van der Waals surface area contributed by atoms with Gasteiger partial charge in [-0.3, -0.25) is 4.79 Å². The van der Waals surface area contributed by atoms with Gasteiger partial charge in [-0.05, 0) is 42.2 Å². The fourth-order valence-corrected chi connectivity index (χ4v) is 4.43. The monoisotopic (exact) mass is 403 g/mol. The Hall–Kier alpha value is -3.37. The molecular weight excluding hydrogens is 386 g/mol. The molecule has 2 aromatic carbocycles. The summed E-state index contributed by atoms with van der Waals surface area (Å²) in [5, 5.41) is 12.8. The maximum Gasteiger partial charge on any atom is 0.236 e. The smallest absolute Gasteiger partial charge is 0.236 e. The van der Waals surface area contributed by atoms with Crippen LogP contribution in [-0.4, -0.2) is 17.7 Å². The predicted molar refractivity (Wildman–Crippen MR) is 108 cm³/mol. The minimum Gasteiger partial charge on any atom is -0.454 e. The number of fused-ring (bicyclic) bond motifs is 1. The van der Waals surface area contributed by atoms with E-state index in [9.17, 15) is 10.1 Å². The van der Waals surface area contributed by atoms with Gasteiger partial charge >= 0.3 is 0 Å². The number of hydrogen-bond acceptors (Lipinski definition) is 6. The fraction of sp³-hybridized carbons (Fsp3) is 0.227. The van der Waals surface area contributed by atoms with Gasteiger partial charge in [0.15, 0.2) is 16.6 Å². The molecule has 0 unspecified atom stereocenters. The summed E-state index contributed by atoms with van der Waals surface area (Å²) in [7, 11) is 0. The van der Waals surface area contributed by atoms with E-state index in [4.69, 9.17) is 9.47 Å². The molecule has 29 heavy (non-hydrogen) atoms. The number of hydrogen-bond donors (Lipinski definition) is 1. The minimum absolute atomic E-state index is 0.0466. The van der Waals surface area contributed by atoms with Crippen LogP contribution in [-0.2, 0) is 16.6 Å². The third-order valence-electron chi connectivity index (χ3n) is 5.39. The number of benzene rings is 2. The van der Waals surface area contributed by atoms with Crippen molar-refractivity contribution in [3.8, 4) is 17.6 Å². The second kappa shape index (κ2) is 6.90. The van der Waals surface area contributed by atoms with Crippen LogP contribution in [0, 0.1) is 11.3 Å². The van der Waals surface area contributed by atoms with Crippen molar-refractivity contribution in [3.63, 3.8) is 0 Å². The van der Waals surface area contributed by atoms with E-state index in [0.717, 1.165) is 28.8 Å². The molecule has 1 N–H and O–H groups in total. The highest BCUT2D eigenvalue weighted by Crippen LogP contribution is 2.51. The second-order valence-electron chi connectivity index (χ2n) is 7.18. The van der Waals surface area contributed by atoms with Crippen LogP contribution in [0.3, 0.4) is 0 Å². The third-order valence-corrected chi connectivity index (χ3v) is 6.30. The molecule has 0 radical (unpaired) electrons. The Labute approximate surface area is 171 Å². The number of thiazole rings is 1. The maximum absolute atomic E-state index is 13.0. The topological polar surface area (TPSA) is 84.2 Å². The van der Waals surface area contributed by atoms with Gasteiger partial charge in [0.1, 0.15) is 0 Å². The standard InChI is InChI=1S/C22H17N3O3S/c23-11-15-4-2-1-3-14(15)9-17-12-24-21(29-17)25-20(26)22(7-8-22)16-5-6-18-19(10-16)28-13-27-18/h1-6,10,12H,7-9,13H2,(H,24,25,26). The quantitative estimate of drug-likeness (QED) is 0.696. The molecule has 1 saturated carbocycles. The largest absolute Gasteiger partial charge is 0.454 e. The molecule has 2 heterocycles. The Bertz CT molecular complexity index is 1140. The third kappa shape index (κ3) is 3.22. The molecule has 2 aliphatic rings. The van der Waals surface area contributed by atoms with E-state index in [2.05, 4.69) is 16.4 Å². The van der Waals surface area contributed by atoms with Crippen LogP contribution in [0.4, 0.5) is 5.13 Å². The molecule has 1 amide bonds. The normalized spacial score (nSPS) is 15.6. The summed E-state index contributed by atoms with van der Waals surface area (Å²) < 4.78 is 10.8. The Morgan fingerprint density at radius 2 is 2.03 bits per heavy atom. The van der Waals surface area contributed by atoms with Crippen molar-refractivity contribution < 1.29 is 14.3 Å². The number of rotatable bonds is 5. The lowest BCUT2D eigenvalue weighted by Gasteiger charge is -2.15. The average Bonchev–Trinajstić information content (AvgIpc) is 3.22. The van der Waals surface area contributed by atoms with Gasteiger partial charge in [-0.1, -0.05) is 24.3 Å². The number of ether oxygens (including phenoxy) is 2. The lowest BCUT2D eigenvalue weighted by molar-refractivity contribution is -0.118. The molecular formula is C22H17N3O3S. The van der Waals surface area contributed by atoms with Crippen LogP contribution < -0.4 is 14.8 Å². The highest BCUT2D eigenvalue weighted by molar-refractivity contribution is 7.15. The number of nitriles is 1. The van der Waals surface area contributed by atoms with Crippen LogP contribution in [0.1, 0.15) is 34.4 Å². The molecule has 0 atom stereocenters. The fourth-order valence-electron chi connectivity index (χ4n) is 3.60. The van der Waals surface area contributed by atoms with E-state index in [1.807, 2.05) is 36.4 Å². The second-order valence-corrected chi connectivity index (χ2v) is 8.30. The number of anilines is 1. The molecule has 0 saturated heterocycles. The van der Waals surface area contributed by atoms with Gasteiger partial charge in [-0.25, -0.2) is 4.98 Å². The van der Waals surface area contributed by atoms with E-state index in [-0.39, 0.29) is 12.7 Å². The lowest BCUT2D eigenvalue weighted by atomic mass is 9.94. The summed E-state index contributed by atoms with van der Waals surface area (Å²) >= 11 is 1.44. The molecule has 1 fully saturated rings. The first-order valence-electron chi connectivity index (χ1n) is 9.32. The van der Waals surface area contributed by atoms with Crippen LogP contribution in [0.2, 0.25) is 0 Å². The summed E-state index contributed by atoms with van der Waals surface area (Å²) in [4.78, 5) is 18.4. The van der Waals surface area contributed by atoms with E-state index in [1.54, 1.807) is 12.3 Å². The summed E-state index contributed by atoms with van der Waals surface area (Å²) in [6.45, 7) is 0.217. The van der Waals surface area contributed by atoms with Crippen molar-refractivity contribution in [3.05, 3.63) is 70.2 Å². The van der Waals surface area contributed by atoms with Gasteiger partial charge < -0.3 is 14.8 Å². The van der Waals surface area contributed by atoms with Crippen LogP contribution in [0.5, 0.6) is 11.5 Å². The van der Waals surface area contributed by atoms with Crippen molar-refractivity contribution in [2.45, 2.75) is 24.7 Å². The molecule has 7 heteroatoms. The summed E-state index contributed by atoms with van der Waals surface area (Å²) in [6, 6.07) is 15.4. The number of amides is 1. The maximum atomic E-state index is 13.0. The summed E-state index contributed by atoms with van der Waals surface area (Å²) in [6.07, 6.45) is 3.97. The van der Waals surface area contributed by atoms with Crippen LogP contribution in [0.25, 0.3) is 0 Å². The molecule has 3 aromatic rings. The zero-order valence-corrected chi connectivity index (χ0v) is 16.3. The molecule has 1 aliphatic heterocycles. The van der Waals surface area contributed by atoms with Crippen molar-refractivity contribution in [1.29, 1.82) is 5.26 Å². The van der Waals surface area contributed by atoms with Gasteiger partial charge in [0.25, 0.3) is 0 Å². The number of nitrogens with zero attached hydrogens (tertiary/aromatic N) is 2. The number of nitrogens with one attached hydrogen (secondary N) is 1. The van der Waals surface area contributed by atoms with Crippen molar-refractivity contribution >= 4 is 22.4 Å². The SMILES string of the molecule is N#Cc1ccccc1Cc1cnc(NC(=O)C2(c3ccc4c(c3)OCO4)CC2)s1. The minimum atomic E-state index is -0.528. The van der Waals surface area contributed by atoms with Gasteiger partial charge in [-0.2, -0.15) is 5.26 Å². The highest BCUT2D eigenvalue weighted by Gasteiger charge is 2.52. The van der Waals surface area contributed by atoms with E-state index in [1.165, 1.54) is 11.3 Å². The Morgan fingerprint density at radius 1 is 1.21 bits per heavy atom. The van der Waals surface area contributed by atoms with Crippen LogP contribution in [0.15, 0.2) is 48.7 Å². The first-order valence-corrected chi connectivity index (χ1v) is 10.1. The van der Waals surface area contributed by atoms with Crippen molar-refractivity contribution in [1.82, 2.24) is 4.98 Å². The molecule has 0 spiro atoms. The molecule has 5 rings (SSSR count). The number of carbonyl (C=O) groups excluding carboxylic acids is 1. The van der Waals surface area contributed by atoms with Crippen LogP contribution >= 0.6 is 11.3 Å². The zero-order valence-electron chi connectivity index (χ0n) is 15.5. The molecule has 1 aromatic heterocycles. The van der Waals surface area contributed by atoms with Gasteiger partial charge in [0, 0.05) is 17.5 Å². The number of carbonyl (C=O) groups is 1. The molecule has 6 nitrogen and oxygen atoms in total. The highest BCUT2D eigenvalue weighted by atomic mass is 32.1. The van der Waals surface area contributed by atoms with Gasteiger partial charge in [-0.15, -0.1) is 11.3 Å². The molecule has 1 aliphatic carbocycles. The lowest BCUT2D eigenvalue weighted by Crippen LogP contribution is -2.27. The number of aromatic nitrogens is 1. The van der Waals surface area contributed by atoms with E-state index >= 15 is 0 Å².